The van der Waals surface area contributed by atoms with Crippen LogP contribution in [0.1, 0.15) is 15.9 Å². The smallest absolute Gasteiger partial charge is 0.340 e. The minimum Gasteiger partial charge on any atom is -0.457 e. The summed E-state index contributed by atoms with van der Waals surface area (Å²) in [5.41, 5.74) is 7.34. The van der Waals surface area contributed by atoms with Crippen molar-refractivity contribution >= 4 is 11.7 Å². The summed E-state index contributed by atoms with van der Waals surface area (Å²) >= 11 is 0. The number of carbonyl (C=O) groups excluding carboxylic acids is 1. The van der Waals surface area contributed by atoms with Gasteiger partial charge in [-0.3, -0.25) is 0 Å². The van der Waals surface area contributed by atoms with Gasteiger partial charge in [0.1, 0.15) is 6.61 Å². The normalized spacial score (nSPS) is 12.2. The number of hydrogen-bond donors (Lipinski definition) is 1. The van der Waals surface area contributed by atoms with Crippen molar-refractivity contribution in [3.05, 3.63) is 53.6 Å². The first-order valence-corrected chi connectivity index (χ1v) is 6.14. The quantitative estimate of drug-likeness (QED) is 0.685. The number of carbonyl (C=O) groups is 1. The highest BCUT2D eigenvalue weighted by atomic mass is 16.7. The maximum atomic E-state index is 12.0. The fourth-order valence-corrected chi connectivity index (χ4v) is 1.94. The molecule has 20 heavy (non-hydrogen) atoms. The fourth-order valence-electron chi connectivity index (χ4n) is 1.94. The molecule has 2 aromatic rings. The van der Waals surface area contributed by atoms with Gasteiger partial charge in [-0.05, 0) is 5.56 Å². The molecule has 1 aliphatic rings. The molecule has 0 spiro atoms. The van der Waals surface area contributed by atoms with E-state index in [4.69, 9.17) is 19.9 Å². The standard InChI is InChI=1S/C15H13NO4/c16-12-7-14-13(19-9-20-14)6-11(12)15(17)18-8-10-4-2-1-3-5-10/h1-7H,8-9,16H2. The lowest BCUT2D eigenvalue weighted by Crippen LogP contribution is -2.08. The van der Waals surface area contributed by atoms with E-state index in [1.54, 1.807) is 12.1 Å². The zero-order chi connectivity index (χ0) is 13.9. The Hall–Kier alpha value is -2.69. The number of anilines is 1. The molecule has 5 nitrogen and oxygen atoms in total. The Morgan fingerprint density at radius 2 is 1.85 bits per heavy atom. The monoisotopic (exact) mass is 271 g/mol. The lowest BCUT2D eigenvalue weighted by Gasteiger charge is -2.08. The van der Waals surface area contributed by atoms with Gasteiger partial charge < -0.3 is 19.9 Å². The zero-order valence-corrected chi connectivity index (χ0v) is 10.7. The summed E-state index contributed by atoms with van der Waals surface area (Å²) in [6, 6.07) is 12.6. The van der Waals surface area contributed by atoms with Crippen molar-refractivity contribution in [1.29, 1.82) is 0 Å². The van der Waals surface area contributed by atoms with Crippen LogP contribution in [0.2, 0.25) is 0 Å². The average molecular weight is 271 g/mol. The molecule has 0 fully saturated rings. The fraction of sp³-hybridized carbons (Fsp3) is 0.133. The van der Waals surface area contributed by atoms with Crippen LogP contribution in [0.15, 0.2) is 42.5 Å². The van der Waals surface area contributed by atoms with Gasteiger partial charge in [0.2, 0.25) is 6.79 Å². The van der Waals surface area contributed by atoms with E-state index in [2.05, 4.69) is 0 Å². The van der Waals surface area contributed by atoms with Crippen LogP contribution in [0, 0.1) is 0 Å². The van der Waals surface area contributed by atoms with Crippen molar-refractivity contribution in [2.45, 2.75) is 6.61 Å². The van der Waals surface area contributed by atoms with Gasteiger partial charge >= 0.3 is 5.97 Å². The molecule has 0 aromatic heterocycles. The summed E-state index contributed by atoms with van der Waals surface area (Å²) in [5.74, 6) is 0.567. The molecule has 0 amide bonds. The third-order valence-corrected chi connectivity index (χ3v) is 2.98. The van der Waals surface area contributed by atoms with E-state index in [1.807, 2.05) is 30.3 Å². The Bertz CT molecular complexity index is 640. The summed E-state index contributed by atoms with van der Waals surface area (Å²) in [6.07, 6.45) is 0. The summed E-state index contributed by atoms with van der Waals surface area (Å²) in [4.78, 5) is 12.0. The van der Waals surface area contributed by atoms with Gasteiger partial charge in [0, 0.05) is 12.1 Å². The molecule has 1 heterocycles. The Balaban J connectivity index is 1.74. The third-order valence-electron chi connectivity index (χ3n) is 2.98. The third kappa shape index (κ3) is 2.38. The Labute approximate surface area is 115 Å². The van der Waals surface area contributed by atoms with E-state index in [0.29, 0.717) is 17.2 Å². The van der Waals surface area contributed by atoms with Crippen molar-refractivity contribution in [3.63, 3.8) is 0 Å². The van der Waals surface area contributed by atoms with Crippen LogP contribution in [-0.2, 0) is 11.3 Å². The van der Waals surface area contributed by atoms with Crippen molar-refractivity contribution in [1.82, 2.24) is 0 Å². The first-order valence-electron chi connectivity index (χ1n) is 6.14. The molecule has 102 valence electrons. The van der Waals surface area contributed by atoms with Gasteiger partial charge in [0.25, 0.3) is 0 Å². The summed E-state index contributed by atoms with van der Waals surface area (Å²) in [5, 5.41) is 0. The molecular weight excluding hydrogens is 258 g/mol. The molecule has 2 N–H and O–H groups in total. The van der Waals surface area contributed by atoms with Gasteiger partial charge in [-0.2, -0.15) is 0 Å². The Morgan fingerprint density at radius 1 is 1.15 bits per heavy atom. The average Bonchev–Trinajstić information content (AvgIpc) is 2.92. The van der Waals surface area contributed by atoms with Gasteiger partial charge in [-0.15, -0.1) is 0 Å². The Morgan fingerprint density at radius 3 is 2.60 bits per heavy atom. The van der Waals surface area contributed by atoms with E-state index in [0.717, 1.165) is 5.56 Å². The molecular formula is C15H13NO4. The number of rotatable bonds is 3. The number of nitrogen functional groups attached to an aromatic ring is 1. The number of fused-ring (bicyclic) bond motifs is 1. The van der Waals surface area contributed by atoms with Gasteiger partial charge in [0.15, 0.2) is 11.5 Å². The molecule has 0 aliphatic carbocycles. The number of ether oxygens (including phenoxy) is 3. The number of nitrogens with two attached hydrogens (primary N) is 1. The number of esters is 1. The van der Waals surface area contributed by atoms with E-state index >= 15 is 0 Å². The highest BCUT2D eigenvalue weighted by Crippen LogP contribution is 2.36. The highest BCUT2D eigenvalue weighted by molar-refractivity contribution is 5.96. The molecule has 0 saturated heterocycles. The molecule has 0 unspecified atom stereocenters. The molecule has 5 heteroatoms. The maximum Gasteiger partial charge on any atom is 0.340 e. The molecule has 0 saturated carbocycles. The Kier molecular flexibility index (Phi) is 3.16. The lowest BCUT2D eigenvalue weighted by molar-refractivity contribution is 0.0473. The number of benzene rings is 2. The second-order valence-corrected chi connectivity index (χ2v) is 4.35. The van der Waals surface area contributed by atoms with Crippen molar-refractivity contribution in [3.8, 4) is 11.5 Å². The SMILES string of the molecule is Nc1cc2c(cc1C(=O)OCc1ccccc1)OCO2. The maximum absolute atomic E-state index is 12.0. The van der Waals surface area contributed by atoms with Gasteiger partial charge in [-0.1, -0.05) is 30.3 Å². The van der Waals surface area contributed by atoms with Crippen molar-refractivity contribution < 1.29 is 19.0 Å². The van der Waals surface area contributed by atoms with Crippen LogP contribution in [0.5, 0.6) is 11.5 Å². The van der Waals surface area contributed by atoms with Gasteiger partial charge in [0.05, 0.1) is 11.3 Å². The van der Waals surface area contributed by atoms with Crippen LogP contribution in [0.3, 0.4) is 0 Å². The minimum atomic E-state index is -0.482. The van der Waals surface area contributed by atoms with E-state index in [1.165, 1.54) is 0 Å². The first kappa shape index (κ1) is 12.3. The van der Waals surface area contributed by atoms with Gasteiger partial charge in [-0.25, -0.2) is 4.79 Å². The molecule has 0 bridgehead atoms. The summed E-state index contributed by atoms with van der Waals surface area (Å²) < 4.78 is 15.6. The largest absolute Gasteiger partial charge is 0.457 e. The van der Waals surface area contributed by atoms with Crippen LogP contribution in [-0.4, -0.2) is 12.8 Å². The predicted octanol–water partition coefficient (Wildman–Crippen LogP) is 2.35. The zero-order valence-electron chi connectivity index (χ0n) is 10.7. The van der Waals surface area contributed by atoms with Crippen molar-refractivity contribution in [2.24, 2.45) is 0 Å². The minimum absolute atomic E-state index is 0.136. The summed E-state index contributed by atoms with van der Waals surface area (Å²) in [6.45, 7) is 0.338. The van der Waals surface area contributed by atoms with E-state index < -0.39 is 5.97 Å². The van der Waals surface area contributed by atoms with E-state index in [9.17, 15) is 4.79 Å². The molecule has 2 aromatic carbocycles. The first-order chi connectivity index (χ1) is 9.74. The second kappa shape index (κ2) is 5.13. The molecule has 1 aliphatic heterocycles. The topological polar surface area (TPSA) is 70.8 Å². The summed E-state index contributed by atoms with van der Waals surface area (Å²) in [7, 11) is 0. The molecule has 0 radical (unpaired) electrons. The predicted molar refractivity (Wildman–Crippen MR) is 72.5 cm³/mol. The van der Waals surface area contributed by atoms with Crippen LogP contribution < -0.4 is 15.2 Å². The molecule has 3 rings (SSSR count). The highest BCUT2D eigenvalue weighted by Gasteiger charge is 2.20. The number of hydrogen-bond acceptors (Lipinski definition) is 5. The van der Waals surface area contributed by atoms with Crippen LogP contribution in [0.4, 0.5) is 5.69 Å². The lowest BCUT2D eigenvalue weighted by atomic mass is 10.1. The molecule has 0 atom stereocenters. The van der Waals surface area contributed by atoms with Crippen molar-refractivity contribution in [2.75, 3.05) is 12.5 Å². The van der Waals surface area contributed by atoms with E-state index in [-0.39, 0.29) is 19.0 Å². The second-order valence-electron chi connectivity index (χ2n) is 4.35. The van der Waals surface area contributed by atoms with Crippen LogP contribution in [0.25, 0.3) is 0 Å². The van der Waals surface area contributed by atoms with Crippen LogP contribution >= 0.6 is 0 Å².